The average Bonchev–Trinajstić information content (AvgIpc) is 3.44. The molecule has 0 radical (unpaired) electrons. The Balaban J connectivity index is 1.71. The molecule has 0 saturated heterocycles. The molecule has 0 unspecified atom stereocenters. The summed E-state index contributed by atoms with van der Waals surface area (Å²) in [5.41, 5.74) is 5.76. The highest BCUT2D eigenvalue weighted by molar-refractivity contribution is 6.61. The SMILES string of the molecule is COc1cc(/C=C2/C(C)=C(CC(=O)NCC3=CN=CC3)c3cc(F)ccc32)cc(OC)c1B(O)O. The molecule has 0 aromatic heterocycles. The number of hydrogen-bond donors (Lipinski definition) is 3. The van der Waals surface area contributed by atoms with E-state index in [1.54, 1.807) is 30.6 Å². The molecule has 0 fully saturated rings. The first-order valence-corrected chi connectivity index (χ1v) is 11.1. The summed E-state index contributed by atoms with van der Waals surface area (Å²) in [5.74, 6) is -0.0215. The second-order valence-electron chi connectivity index (χ2n) is 8.34. The van der Waals surface area contributed by atoms with Gasteiger partial charge in [-0.1, -0.05) is 6.07 Å². The molecular formula is C26H26BFN2O5. The predicted octanol–water partition coefficient (Wildman–Crippen LogP) is 2.72. The van der Waals surface area contributed by atoms with Crippen molar-refractivity contribution in [3.63, 3.8) is 0 Å². The fourth-order valence-electron chi connectivity index (χ4n) is 4.38. The van der Waals surface area contributed by atoms with Gasteiger partial charge in [-0.3, -0.25) is 9.79 Å². The Morgan fingerprint density at radius 1 is 1.17 bits per heavy atom. The van der Waals surface area contributed by atoms with Crippen molar-refractivity contribution >= 4 is 41.9 Å². The van der Waals surface area contributed by atoms with Gasteiger partial charge in [0.15, 0.2) is 0 Å². The Morgan fingerprint density at radius 2 is 1.89 bits per heavy atom. The summed E-state index contributed by atoms with van der Waals surface area (Å²) in [6, 6.07) is 7.88. The van der Waals surface area contributed by atoms with Gasteiger partial charge in [0, 0.05) is 25.4 Å². The summed E-state index contributed by atoms with van der Waals surface area (Å²) >= 11 is 0. The normalized spacial score (nSPS) is 15.4. The Morgan fingerprint density at radius 3 is 2.49 bits per heavy atom. The maximum Gasteiger partial charge on any atom is 0.496 e. The number of nitrogens with zero attached hydrogens (tertiary/aromatic N) is 1. The van der Waals surface area contributed by atoms with Crippen LogP contribution in [0.1, 0.15) is 36.5 Å². The number of carbonyl (C=O) groups excluding carboxylic acids is 1. The third-order valence-corrected chi connectivity index (χ3v) is 6.15. The van der Waals surface area contributed by atoms with E-state index in [0.29, 0.717) is 17.7 Å². The van der Waals surface area contributed by atoms with E-state index in [4.69, 9.17) is 9.47 Å². The fourth-order valence-corrected chi connectivity index (χ4v) is 4.38. The van der Waals surface area contributed by atoms with Crippen molar-refractivity contribution < 1.29 is 28.7 Å². The van der Waals surface area contributed by atoms with Crippen LogP contribution >= 0.6 is 0 Å². The molecule has 35 heavy (non-hydrogen) atoms. The molecule has 1 amide bonds. The molecule has 0 saturated carbocycles. The van der Waals surface area contributed by atoms with E-state index in [0.717, 1.165) is 34.3 Å². The van der Waals surface area contributed by atoms with Crippen LogP contribution in [0.2, 0.25) is 0 Å². The van der Waals surface area contributed by atoms with Gasteiger partial charge in [-0.2, -0.15) is 0 Å². The molecule has 180 valence electrons. The Labute approximate surface area is 203 Å². The highest BCUT2D eigenvalue weighted by atomic mass is 19.1. The zero-order valence-electron chi connectivity index (χ0n) is 19.8. The van der Waals surface area contributed by atoms with E-state index in [-0.39, 0.29) is 35.1 Å². The standard InChI is InChI=1S/C26H26BFN2O5/c1-15-20(8-17-9-23(34-2)26(27(32)33)24(10-17)35-3)19-5-4-18(28)11-22(19)21(15)12-25(31)30-14-16-6-7-29-13-16/h4-5,7-11,13,32-33H,6,12,14H2,1-3H3,(H,30,31)/b20-8-. The minimum absolute atomic E-state index is 0.107. The number of methoxy groups -OCH3 is 2. The predicted molar refractivity (Wildman–Crippen MR) is 135 cm³/mol. The molecule has 1 aliphatic carbocycles. The highest BCUT2D eigenvalue weighted by Crippen LogP contribution is 2.44. The van der Waals surface area contributed by atoms with Gasteiger partial charge >= 0.3 is 7.12 Å². The van der Waals surface area contributed by atoms with Crippen LogP contribution in [-0.4, -0.2) is 50.1 Å². The largest absolute Gasteiger partial charge is 0.497 e. The maximum atomic E-state index is 14.2. The first-order chi connectivity index (χ1) is 16.8. The topological polar surface area (TPSA) is 100 Å². The molecule has 7 nitrogen and oxygen atoms in total. The van der Waals surface area contributed by atoms with Crippen molar-refractivity contribution in [1.29, 1.82) is 0 Å². The Bertz CT molecular complexity index is 1270. The second kappa shape index (κ2) is 10.3. The summed E-state index contributed by atoms with van der Waals surface area (Å²) in [6.45, 7) is 2.33. The quantitative estimate of drug-likeness (QED) is 0.509. The van der Waals surface area contributed by atoms with Crippen LogP contribution in [0, 0.1) is 5.82 Å². The third-order valence-electron chi connectivity index (χ3n) is 6.15. The summed E-state index contributed by atoms with van der Waals surface area (Å²) in [7, 11) is 1.09. The number of carbonyl (C=O) groups is 1. The number of fused-ring (bicyclic) bond motifs is 1. The van der Waals surface area contributed by atoms with Gasteiger partial charge in [-0.05, 0) is 76.2 Å². The van der Waals surface area contributed by atoms with Gasteiger partial charge in [0.05, 0.1) is 26.1 Å². The molecule has 0 atom stereocenters. The van der Waals surface area contributed by atoms with E-state index in [1.165, 1.54) is 26.4 Å². The first-order valence-electron chi connectivity index (χ1n) is 11.1. The zero-order valence-corrected chi connectivity index (χ0v) is 19.8. The van der Waals surface area contributed by atoms with Gasteiger partial charge < -0.3 is 24.8 Å². The van der Waals surface area contributed by atoms with Gasteiger partial charge in [-0.25, -0.2) is 4.39 Å². The first kappa shape index (κ1) is 24.4. The van der Waals surface area contributed by atoms with Crippen LogP contribution in [0.15, 0.2) is 52.7 Å². The van der Waals surface area contributed by atoms with Gasteiger partial charge in [0.25, 0.3) is 0 Å². The van der Waals surface area contributed by atoms with Crippen molar-refractivity contribution in [2.75, 3.05) is 20.8 Å². The molecule has 2 aliphatic rings. The zero-order chi connectivity index (χ0) is 25.1. The molecule has 4 rings (SSSR count). The van der Waals surface area contributed by atoms with Crippen LogP contribution in [0.25, 0.3) is 17.2 Å². The molecule has 0 bridgehead atoms. The highest BCUT2D eigenvalue weighted by Gasteiger charge is 2.27. The molecule has 1 aliphatic heterocycles. The number of halogens is 1. The average molecular weight is 476 g/mol. The van der Waals surface area contributed by atoms with Crippen LogP contribution in [-0.2, 0) is 4.79 Å². The number of aliphatic imine (C=N–C) groups is 1. The van der Waals surface area contributed by atoms with Crippen LogP contribution in [0.5, 0.6) is 11.5 Å². The number of rotatable bonds is 8. The van der Waals surface area contributed by atoms with E-state index in [9.17, 15) is 19.2 Å². The summed E-state index contributed by atoms with van der Waals surface area (Å²) in [6.07, 6.45) is 6.25. The summed E-state index contributed by atoms with van der Waals surface area (Å²) in [5, 5.41) is 22.4. The Kier molecular flexibility index (Phi) is 7.19. The minimum atomic E-state index is -1.77. The molecule has 2 aromatic rings. The number of nitrogens with one attached hydrogen (secondary N) is 1. The lowest BCUT2D eigenvalue weighted by atomic mass is 9.78. The summed E-state index contributed by atoms with van der Waals surface area (Å²) in [4.78, 5) is 16.8. The lowest BCUT2D eigenvalue weighted by molar-refractivity contribution is -0.119. The van der Waals surface area contributed by atoms with Crippen molar-refractivity contribution in [3.05, 3.63) is 70.2 Å². The fraction of sp³-hybridized carbons (Fsp3) is 0.231. The molecular weight excluding hydrogens is 450 g/mol. The third kappa shape index (κ3) is 5.06. The molecule has 0 spiro atoms. The van der Waals surface area contributed by atoms with E-state index >= 15 is 0 Å². The van der Waals surface area contributed by atoms with Gasteiger partial charge in [-0.15, -0.1) is 0 Å². The van der Waals surface area contributed by atoms with Crippen LogP contribution in [0.3, 0.4) is 0 Å². The molecule has 3 N–H and O–H groups in total. The minimum Gasteiger partial charge on any atom is -0.497 e. The number of ether oxygens (including phenoxy) is 2. The number of amides is 1. The lowest BCUT2D eigenvalue weighted by Crippen LogP contribution is -2.32. The second-order valence-corrected chi connectivity index (χ2v) is 8.34. The number of benzene rings is 2. The van der Waals surface area contributed by atoms with Crippen molar-refractivity contribution in [2.24, 2.45) is 4.99 Å². The maximum absolute atomic E-state index is 14.2. The van der Waals surface area contributed by atoms with Crippen molar-refractivity contribution in [3.8, 4) is 11.5 Å². The smallest absolute Gasteiger partial charge is 0.496 e. The monoisotopic (exact) mass is 476 g/mol. The summed E-state index contributed by atoms with van der Waals surface area (Å²) < 4.78 is 24.9. The molecule has 2 aromatic carbocycles. The van der Waals surface area contributed by atoms with Gasteiger partial charge in [0.2, 0.25) is 5.91 Å². The van der Waals surface area contributed by atoms with E-state index in [1.807, 2.05) is 13.0 Å². The van der Waals surface area contributed by atoms with Crippen molar-refractivity contribution in [1.82, 2.24) is 5.32 Å². The Hall–Kier alpha value is -3.69. The molecule has 9 heteroatoms. The lowest BCUT2D eigenvalue weighted by Gasteiger charge is -2.14. The van der Waals surface area contributed by atoms with E-state index in [2.05, 4.69) is 10.3 Å². The van der Waals surface area contributed by atoms with Crippen LogP contribution in [0.4, 0.5) is 4.39 Å². The van der Waals surface area contributed by atoms with Crippen LogP contribution < -0.4 is 20.3 Å². The molecule has 1 heterocycles. The number of allylic oxidation sites excluding steroid dienone is 2. The van der Waals surface area contributed by atoms with E-state index < -0.39 is 7.12 Å². The van der Waals surface area contributed by atoms with Gasteiger partial charge in [0.1, 0.15) is 17.3 Å². The van der Waals surface area contributed by atoms with Crippen molar-refractivity contribution in [2.45, 2.75) is 19.8 Å². The number of hydrogen-bond acceptors (Lipinski definition) is 6.